The molecule has 0 saturated carbocycles. The summed E-state index contributed by atoms with van der Waals surface area (Å²) >= 11 is 0. The van der Waals surface area contributed by atoms with Gasteiger partial charge in [0.2, 0.25) is 0 Å². The number of unbranched alkanes of at least 4 members (excludes halogenated alkanes) is 2. The molecule has 0 aromatic carbocycles. The molecule has 0 saturated heterocycles. The van der Waals surface area contributed by atoms with Crippen LogP contribution in [0.1, 0.15) is 39.5 Å². The zero-order valence-corrected chi connectivity index (χ0v) is 11.1. The van der Waals surface area contributed by atoms with Gasteiger partial charge in [-0.15, -0.1) is 0 Å². The van der Waals surface area contributed by atoms with Crippen LogP contribution in [0, 0.1) is 0 Å². The zero-order chi connectivity index (χ0) is 13.8. The average molecular weight is 257 g/mol. The maximum absolute atomic E-state index is 10.9. The fourth-order valence-electron chi connectivity index (χ4n) is 1.37. The topological polar surface area (TPSA) is 75.6 Å². The van der Waals surface area contributed by atoms with Gasteiger partial charge in [-0.05, 0) is 19.4 Å². The molecule has 2 N–H and O–H groups in total. The summed E-state index contributed by atoms with van der Waals surface area (Å²) in [6.07, 6.45) is 7.01. The quantitative estimate of drug-likeness (QED) is 0.354. The van der Waals surface area contributed by atoms with Crippen molar-refractivity contribution in [3.8, 4) is 0 Å². The van der Waals surface area contributed by atoms with E-state index in [0.29, 0.717) is 13.0 Å². The van der Waals surface area contributed by atoms with Gasteiger partial charge in [0, 0.05) is 6.92 Å². The Balaban J connectivity index is 3.84. The molecule has 0 rings (SSSR count). The number of ether oxygens (including phenoxy) is 1. The van der Waals surface area contributed by atoms with Crippen molar-refractivity contribution in [1.82, 2.24) is 5.32 Å². The van der Waals surface area contributed by atoms with Gasteiger partial charge in [0.05, 0.1) is 6.61 Å². The highest BCUT2D eigenvalue weighted by molar-refractivity contribution is 5.75. The number of aliphatic carboxylic acids is 1. The van der Waals surface area contributed by atoms with Crippen molar-refractivity contribution >= 4 is 11.9 Å². The van der Waals surface area contributed by atoms with E-state index in [-0.39, 0.29) is 12.6 Å². The van der Waals surface area contributed by atoms with Gasteiger partial charge in [0.1, 0.15) is 6.04 Å². The number of carboxylic acids is 1. The van der Waals surface area contributed by atoms with Gasteiger partial charge in [0.15, 0.2) is 0 Å². The predicted molar refractivity (Wildman–Crippen MR) is 69.3 cm³/mol. The van der Waals surface area contributed by atoms with Gasteiger partial charge in [-0.1, -0.05) is 31.9 Å². The molecule has 0 spiro atoms. The third kappa shape index (κ3) is 9.84. The molecule has 0 bridgehead atoms. The lowest BCUT2D eigenvalue weighted by atomic mass is 10.2. The lowest BCUT2D eigenvalue weighted by molar-refractivity contribution is -0.141. The summed E-state index contributed by atoms with van der Waals surface area (Å²) in [7, 11) is 0. The first kappa shape index (κ1) is 16.6. The molecule has 0 aromatic heterocycles. The summed E-state index contributed by atoms with van der Waals surface area (Å²) in [6, 6.07) is -0.667. The summed E-state index contributed by atoms with van der Waals surface area (Å²) in [5.74, 6) is -1.22. The molecule has 104 valence electrons. The van der Waals surface area contributed by atoms with Gasteiger partial charge < -0.3 is 15.2 Å². The van der Waals surface area contributed by atoms with Gasteiger partial charge in [0.25, 0.3) is 0 Å². The van der Waals surface area contributed by atoms with Crippen LogP contribution in [0.3, 0.4) is 0 Å². The van der Waals surface area contributed by atoms with Crippen molar-refractivity contribution in [2.45, 2.75) is 45.6 Å². The van der Waals surface area contributed by atoms with Crippen molar-refractivity contribution in [3.05, 3.63) is 12.2 Å². The van der Waals surface area contributed by atoms with Gasteiger partial charge in [-0.25, -0.2) is 0 Å². The third-order valence-corrected chi connectivity index (χ3v) is 2.33. The van der Waals surface area contributed by atoms with E-state index in [1.54, 1.807) is 12.2 Å². The highest BCUT2D eigenvalue weighted by atomic mass is 16.5. The van der Waals surface area contributed by atoms with Crippen LogP contribution in [0.2, 0.25) is 0 Å². The summed E-state index contributed by atoms with van der Waals surface area (Å²) < 4.78 is 4.74. The molecule has 0 aliphatic rings. The van der Waals surface area contributed by atoms with Crippen LogP contribution in [0.25, 0.3) is 0 Å². The van der Waals surface area contributed by atoms with Crippen LogP contribution in [-0.2, 0) is 14.3 Å². The van der Waals surface area contributed by atoms with Crippen molar-refractivity contribution in [3.63, 3.8) is 0 Å². The predicted octanol–water partition coefficient (Wildman–Crippen LogP) is 1.73. The number of esters is 1. The maximum Gasteiger partial charge on any atom is 0.324 e. The number of hydrogen-bond acceptors (Lipinski definition) is 4. The minimum atomic E-state index is -0.893. The van der Waals surface area contributed by atoms with Gasteiger partial charge >= 0.3 is 11.9 Å². The summed E-state index contributed by atoms with van der Waals surface area (Å²) in [4.78, 5) is 21.4. The number of rotatable bonds is 10. The molecular weight excluding hydrogens is 234 g/mol. The molecule has 0 heterocycles. The van der Waals surface area contributed by atoms with E-state index in [1.807, 2.05) is 0 Å². The van der Waals surface area contributed by atoms with E-state index in [2.05, 4.69) is 12.2 Å². The van der Waals surface area contributed by atoms with Crippen molar-refractivity contribution < 1.29 is 19.4 Å². The molecule has 5 heteroatoms. The van der Waals surface area contributed by atoms with E-state index in [4.69, 9.17) is 9.84 Å². The number of carboxylic acid groups (broad SMARTS) is 1. The average Bonchev–Trinajstić information content (AvgIpc) is 2.30. The van der Waals surface area contributed by atoms with Crippen molar-refractivity contribution in [2.75, 3.05) is 13.2 Å². The Morgan fingerprint density at radius 1 is 1.39 bits per heavy atom. The second kappa shape index (κ2) is 10.8. The Hall–Kier alpha value is -1.36. The van der Waals surface area contributed by atoms with Gasteiger partial charge in [-0.3, -0.25) is 9.59 Å². The van der Waals surface area contributed by atoms with Crippen LogP contribution in [-0.4, -0.2) is 36.2 Å². The summed E-state index contributed by atoms with van der Waals surface area (Å²) in [5, 5.41) is 11.9. The fraction of sp³-hybridized carbons (Fsp3) is 0.692. The first-order chi connectivity index (χ1) is 8.57. The van der Waals surface area contributed by atoms with Crippen LogP contribution in [0.15, 0.2) is 12.2 Å². The zero-order valence-electron chi connectivity index (χ0n) is 11.1. The SMILES string of the molecule is CCCCCNC(/C=C/CCOC(C)=O)C(=O)O. The second-order valence-electron chi connectivity index (χ2n) is 4.03. The molecule has 0 amide bonds. The maximum atomic E-state index is 10.9. The fourth-order valence-corrected chi connectivity index (χ4v) is 1.37. The largest absolute Gasteiger partial charge is 0.480 e. The molecule has 0 fully saturated rings. The molecule has 0 aliphatic heterocycles. The van der Waals surface area contributed by atoms with Crippen LogP contribution < -0.4 is 5.32 Å². The third-order valence-electron chi connectivity index (χ3n) is 2.33. The van der Waals surface area contributed by atoms with E-state index >= 15 is 0 Å². The summed E-state index contributed by atoms with van der Waals surface area (Å²) in [5.41, 5.74) is 0. The molecule has 18 heavy (non-hydrogen) atoms. The molecule has 5 nitrogen and oxygen atoms in total. The summed E-state index contributed by atoms with van der Waals surface area (Å²) in [6.45, 7) is 4.43. The molecular formula is C13H23NO4. The Bertz CT molecular complexity index is 276. The first-order valence-corrected chi connectivity index (χ1v) is 6.34. The lowest BCUT2D eigenvalue weighted by Gasteiger charge is -2.09. The van der Waals surface area contributed by atoms with E-state index in [1.165, 1.54) is 6.92 Å². The van der Waals surface area contributed by atoms with Crippen LogP contribution in [0.4, 0.5) is 0 Å². The van der Waals surface area contributed by atoms with E-state index in [0.717, 1.165) is 19.3 Å². The van der Waals surface area contributed by atoms with E-state index < -0.39 is 12.0 Å². The minimum Gasteiger partial charge on any atom is -0.480 e. The minimum absolute atomic E-state index is 0.286. The molecule has 0 aliphatic carbocycles. The van der Waals surface area contributed by atoms with Crippen molar-refractivity contribution in [2.24, 2.45) is 0 Å². The normalized spacial score (nSPS) is 12.6. The smallest absolute Gasteiger partial charge is 0.324 e. The molecule has 1 unspecified atom stereocenters. The van der Waals surface area contributed by atoms with E-state index in [9.17, 15) is 9.59 Å². The number of hydrogen-bond donors (Lipinski definition) is 2. The molecule has 0 radical (unpaired) electrons. The monoisotopic (exact) mass is 257 g/mol. The Kier molecular flexibility index (Phi) is 9.96. The highest BCUT2D eigenvalue weighted by Crippen LogP contribution is 1.95. The van der Waals surface area contributed by atoms with Crippen LogP contribution in [0.5, 0.6) is 0 Å². The Labute approximate surface area is 108 Å². The number of carbonyl (C=O) groups excluding carboxylic acids is 1. The number of nitrogens with one attached hydrogen (secondary N) is 1. The lowest BCUT2D eigenvalue weighted by Crippen LogP contribution is -2.35. The Morgan fingerprint density at radius 2 is 2.11 bits per heavy atom. The molecule has 0 aromatic rings. The number of carbonyl (C=O) groups is 2. The Morgan fingerprint density at radius 3 is 2.67 bits per heavy atom. The highest BCUT2D eigenvalue weighted by Gasteiger charge is 2.11. The van der Waals surface area contributed by atoms with Crippen LogP contribution >= 0.6 is 0 Å². The van der Waals surface area contributed by atoms with Gasteiger partial charge in [-0.2, -0.15) is 0 Å². The second-order valence-corrected chi connectivity index (χ2v) is 4.03. The standard InChI is InChI=1S/C13H23NO4/c1-3-4-6-9-14-12(13(16)17)8-5-7-10-18-11(2)15/h5,8,12,14H,3-4,6-7,9-10H2,1-2H3,(H,16,17)/b8-5+. The first-order valence-electron chi connectivity index (χ1n) is 6.34. The van der Waals surface area contributed by atoms with Crippen molar-refractivity contribution in [1.29, 1.82) is 0 Å². The molecule has 1 atom stereocenters.